The van der Waals surface area contributed by atoms with Crippen LogP contribution in [0.15, 0.2) is 54.6 Å². The van der Waals surface area contributed by atoms with E-state index in [4.69, 9.17) is 0 Å². The molecule has 2 aromatic rings. The van der Waals surface area contributed by atoms with E-state index in [9.17, 15) is 9.59 Å². The van der Waals surface area contributed by atoms with Crippen molar-refractivity contribution >= 4 is 17.5 Å². The van der Waals surface area contributed by atoms with E-state index in [-0.39, 0.29) is 23.8 Å². The van der Waals surface area contributed by atoms with E-state index in [2.05, 4.69) is 41.5 Å². The highest BCUT2D eigenvalue weighted by Crippen LogP contribution is 2.30. The Hall–Kier alpha value is -2.66. The van der Waals surface area contributed by atoms with Crippen molar-refractivity contribution in [3.05, 3.63) is 65.7 Å². The van der Waals surface area contributed by atoms with Crippen molar-refractivity contribution in [2.24, 2.45) is 5.92 Å². The number of carbonyl (C=O) groups is 2. The summed E-state index contributed by atoms with van der Waals surface area (Å²) in [6.07, 6.45) is 1.91. The summed E-state index contributed by atoms with van der Waals surface area (Å²) in [5.74, 6) is 0.0528. The summed E-state index contributed by atoms with van der Waals surface area (Å²) in [6.45, 7) is 6.62. The minimum absolute atomic E-state index is 0.0447. The second kappa shape index (κ2) is 9.51. The highest BCUT2D eigenvalue weighted by Gasteiger charge is 2.29. The molecule has 28 heavy (non-hydrogen) atoms. The Morgan fingerprint density at radius 1 is 1.04 bits per heavy atom. The molecule has 1 saturated carbocycles. The SMILES string of the molecule is CCN(CC)C(CNC(=O)c1cccc(NC(=O)C2CC2)c1)c1ccccc1. The van der Waals surface area contributed by atoms with Crippen molar-refractivity contribution in [3.8, 4) is 0 Å². The van der Waals surface area contributed by atoms with Gasteiger partial charge in [-0.1, -0.05) is 50.2 Å². The van der Waals surface area contributed by atoms with E-state index in [1.807, 2.05) is 24.3 Å². The smallest absolute Gasteiger partial charge is 0.251 e. The van der Waals surface area contributed by atoms with Crippen LogP contribution in [-0.4, -0.2) is 36.3 Å². The molecule has 2 N–H and O–H groups in total. The Labute approximate surface area is 167 Å². The molecule has 3 rings (SSSR count). The minimum atomic E-state index is -0.129. The van der Waals surface area contributed by atoms with Crippen LogP contribution in [-0.2, 0) is 4.79 Å². The predicted octanol–water partition coefficient (Wildman–Crippen LogP) is 3.85. The molecule has 0 saturated heterocycles. The number of amides is 2. The molecule has 1 aliphatic carbocycles. The molecule has 0 bridgehead atoms. The Morgan fingerprint density at radius 2 is 1.75 bits per heavy atom. The summed E-state index contributed by atoms with van der Waals surface area (Å²) in [4.78, 5) is 27.0. The van der Waals surface area contributed by atoms with Crippen molar-refractivity contribution in [3.63, 3.8) is 0 Å². The van der Waals surface area contributed by atoms with Crippen LogP contribution in [0.3, 0.4) is 0 Å². The molecule has 0 aliphatic heterocycles. The lowest BCUT2D eigenvalue weighted by Crippen LogP contribution is -2.38. The molecule has 1 unspecified atom stereocenters. The third kappa shape index (κ3) is 5.20. The normalized spacial score (nSPS) is 14.5. The first-order chi connectivity index (χ1) is 13.6. The van der Waals surface area contributed by atoms with Crippen molar-refractivity contribution < 1.29 is 9.59 Å². The zero-order valence-corrected chi connectivity index (χ0v) is 16.7. The molecule has 1 atom stereocenters. The number of hydrogen-bond donors (Lipinski definition) is 2. The van der Waals surface area contributed by atoms with Crippen molar-refractivity contribution in [1.29, 1.82) is 0 Å². The monoisotopic (exact) mass is 379 g/mol. The summed E-state index contributed by atoms with van der Waals surface area (Å²) in [6, 6.07) is 17.5. The fraction of sp³-hybridized carbons (Fsp3) is 0.391. The average molecular weight is 380 g/mol. The van der Waals surface area contributed by atoms with Gasteiger partial charge in [0.2, 0.25) is 5.91 Å². The maximum atomic E-state index is 12.7. The van der Waals surface area contributed by atoms with Gasteiger partial charge in [-0.05, 0) is 49.7 Å². The van der Waals surface area contributed by atoms with Gasteiger partial charge in [-0.3, -0.25) is 14.5 Å². The van der Waals surface area contributed by atoms with Gasteiger partial charge in [0.05, 0.1) is 6.04 Å². The topological polar surface area (TPSA) is 61.4 Å². The van der Waals surface area contributed by atoms with Crippen molar-refractivity contribution in [2.75, 3.05) is 25.0 Å². The van der Waals surface area contributed by atoms with Gasteiger partial charge in [0, 0.05) is 23.7 Å². The van der Waals surface area contributed by atoms with Crippen LogP contribution in [0.2, 0.25) is 0 Å². The number of benzene rings is 2. The number of nitrogens with one attached hydrogen (secondary N) is 2. The molecule has 0 heterocycles. The van der Waals surface area contributed by atoms with E-state index in [0.717, 1.165) is 25.9 Å². The molecule has 0 aromatic heterocycles. The molecule has 5 nitrogen and oxygen atoms in total. The van der Waals surface area contributed by atoms with E-state index in [0.29, 0.717) is 17.8 Å². The number of carbonyl (C=O) groups excluding carboxylic acids is 2. The first-order valence-corrected chi connectivity index (χ1v) is 10.1. The van der Waals surface area contributed by atoms with Crippen LogP contribution in [0.4, 0.5) is 5.69 Å². The molecule has 0 radical (unpaired) electrons. The van der Waals surface area contributed by atoms with Crippen LogP contribution < -0.4 is 10.6 Å². The lowest BCUT2D eigenvalue weighted by molar-refractivity contribution is -0.117. The summed E-state index contributed by atoms with van der Waals surface area (Å²) < 4.78 is 0. The van der Waals surface area contributed by atoms with Crippen LogP contribution >= 0.6 is 0 Å². The molecule has 2 aromatic carbocycles. The molecule has 148 valence electrons. The fourth-order valence-electron chi connectivity index (χ4n) is 3.42. The molecule has 5 heteroatoms. The lowest BCUT2D eigenvalue weighted by Gasteiger charge is -2.30. The summed E-state index contributed by atoms with van der Waals surface area (Å²) in [5.41, 5.74) is 2.42. The number of likely N-dealkylation sites (N-methyl/N-ethyl adjacent to an activating group) is 1. The molecule has 2 amide bonds. The Balaban J connectivity index is 1.66. The number of nitrogens with zero attached hydrogens (tertiary/aromatic N) is 1. The van der Waals surface area contributed by atoms with Crippen molar-refractivity contribution in [2.45, 2.75) is 32.7 Å². The van der Waals surface area contributed by atoms with Crippen molar-refractivity contribution in [1.82, 2.24) is 10.2 Å². The molecule has 0 spiro atoms. The maximum absolute atomic E-state index is 12.7. The molecule has 1 fully saturated rings. The second-order valence-corrected chi connectivity index (χ2v) is 7.20. The number of anilines is 1. The van der Waals surface area contributed by atoms with E-state index < -0.39 is 0 Å². The van der Waals surface area contributed by atoms with Gasteiger partial charge < -0.3 is 10.6 Å². The third-order valence-corrected chi connectivity index (χ3v) is 5.23. The Morgan fingerprint density at radius 3 is 2.39 bits per heavy atom. The summed E-state index contributed by atoms with van der Waals surface area (Å²) >= 11 is 0. The van der Waals surface area contributed by atoms with Gasteiger partial charge in [0.1, 0.15) is 0 Å². The lowest BCUT2D eigenvalue weighted by atomic mass is 10.0. The molecular weight excluding hydrogens is 350 g/mol. The van der Waals surface area contributed by atoms with Gasteiger partial charge >= 0.3 is 0 Å². The number of rotatable bonds is 9. The van der Waals surface area contributed by atoms with Gasteiger partial charge in [-0.15, -0.1) is 0 Å². The number of hydrogen-bond acceptors (Lipinski definition) is 3. The first kappa shape index (κ1) is 20.1. The van der Waals surface area contributed by atoms with E-state index in [1.165, 1.54) is 5.56 Å². The fourth-order valence-corrected chi connectivity index (χ4v) is 3.42. The minimum Gasteiger partial charge on any atom is -0.350 e. The Bertz CT molecular complexity index is 799. The Kier molecular flexibility index (Phi) is 6.82. The summed E-state index contributed by atoms with van der Waals surface area (Å²) in [5, 5.41) is 5.97. The van der Waals surface area contributed by atoms with Crippen LogP contribution in [0, 0.1) is 5.92 Å². The molecule has 1 aliphatic rings. The van der Waals surface area contributed by atoms with E-state index in [1.54, 1.807) is 18.2 Å². The second-order valence-electron chi connectivity index (χ2n) is 7.20. The maximum Gasteiger partial charge on any atom is 0.251 e. The molecular formula is C23H29N3O2. The van der Waals surface area contributed by atoms with Gasteiger partial charge in [0.15, 0.2) is 0 Å². The quantitative estimate of drug-likeness (QED) is 0.696. The van der Waals surface area contributed by atoms with Gasteiger partial charge in [-0.2, -0.15) is 0 Å². The summed E-state index contributed by atoms with van der Waals surface area (Å²) in [7, 11) is 0. The van der Waals surface area contributed by atoms with E-state index >= 15 is 0 Å². The zero-order valence-electron chi connectivity index (χ0n) is 16.7. The predicted molar refractivity (Wildman–Crippen MR) is 112 cm³/mol. The highest BCUT2D eigenvalue weighted by atomic mass is 16.2. The van der Waals surface area contributed by atoms with Gasteiger partial charge in [-0.25, -0.2) is 0 Å². The van der Waals surface area contributed by atoms with Crippen LogP contribution in [0.1, 0.15) is 48.7 Å². The highest BCUT2D eigenvalue weighted by molar-refractivity contribution is 5.98. The average Bonchev–Trinajstić information content (AvgIpc) is 3.57. The van der Waals surface area contributed by atoms with Gasteiger partial charge in [0.25, 0.3) is 5.91 Å². The largest absolute Gasteiger partial charge is 0.350 e. The zero-order chi connectivity index (χ0) is 19.9. The van der Waals surface area contributed by atoms with Crippen LogP contribution in [0.25, 0.3) is 0 Å². The first-order valence-electron chi connectivity index (χ1n) is 10.1. The standard InChI is InChI=1S/C23H29N3O2/c1-3-26(4-2)21(17-9-6-5-7-10-17)16-24-22(27)19-11-8-12-20(15-19)25-23(28)18-13-14-18/h5-12,15,18,21H,3-4,13-14,16H2,1-2H3,(H,24,27)(H,25,28). The van der Waals surface area contributed by atoms with Crippen LogP contribution in [0.5, 0.6) is 0 Å². The third-order valence-electron chi connectivity index (χ3n) is 5.23.